The van der Waals surface area contributed by atoms with E-state index in [0.29, 0.717) is 0 Å². The molecule has 0 aliphatic heterocycles. The van der Waals surface area contributed by atoms with Crippen LogP contribution in [-0.2, 0) is 14.8 Å². The minimum Gasteiger partial charge on any atom is -0.480 e. The molecule has 6 nitrogen and oxygen atoms in total. The number of nitrogens with one attached hydrogen (secondary N) is 1. The summed E-state index contributed by atoms with van der Waals surface area (Å²) in [6.07, 6.45) is 0. The average molecular weight is 313 g/mol. The first-order chi connectivity index (χ1) is 9.45. The Morgan fingerprint density at radius 1 is 1.24 bits per heavy atom. The Morgan fingerprint density at radius 2 is 1.81 bits per heavy atom. The molecule has 21 heavy (non-hydrogen) atoms. The van der Waals surface area contributed by atoms with E-state index in [0.717, 1.165) is 0 Å². The van der Waals surface area contributed by atoms with Crippen LogP contribution in [0.3, 0.4) is 0 Å². The summed E-state index contributed by atoms with van der Waals surface area (Å²) in [4.78, 5) is 22.4. The summed E-state index contributed by atoms with van der Waals surface area (Å²) >= 11 is 0. The van der Waals surface area contributed by atoms with Gasteiger partial charge in [-0.3, -0.25) is 9.59 Å². The fourth-order valence-electron chi connectivity index (χ4n) is 1.70. The van der Waals surface area contributed by atoms with Gasteiger partial charge in [-0.2, -0.15) is 4.72 Å². The molecular formula is C14H19NO5S. The van der Waals surface area contributed by atoms with Gasteiger partial charge in [0.05, 0.1) is 4.90 Å². The second kappa shape index (κ2) is 5.95. The molecule has 0 unspecified atom stereocenters. The smallest absolute Gasteiger partial charge is 0.322 e. The zero-order valence-corrected chi connectivity index (χ0v) is 13.2. The average Bonchev–Trinajstić information content (AvgIpc) is 2.34. The van der Waals surface area contributed by atoms with Crippen molar-refractivity contribution in [3.8, 4) is 0 Å². The molecule has 0 heterocycles. The van der Waals surface area contributed by atoms with Gasteiger partial charge in [0.25, 0.3) is 0 Å². The summed E-state index contributed by atoms with van der Waals surface area (Å²) < 4.78 is 26.7. The van der Waals surface area contributed by atoms with Gasteiger partial charge >= 0.3 is 5.97 Å². The van der Waals surface area contributed by atoms with E-state index in [-0.39, 0.29) is 16.2 Å². The third kappa shape index (κ3) is 4.37. The van der Waals surface area contributed by atoms with Crippen LogP contribution in [0.1, 0.15) is 38.1 Å². The Labute approximate surface area is 124 Å². The van der Waals surface area contributed by atoms with Crippen molar-refractivity contribution in [2.24, 2.45) is 5.41 Å². The van der Waals surface area contributed by atoms with Crippen molar-refractivity contribution in [2.75, 3.05) is 0 Å². The van der Waals surface area contributed by atoms with E-state index >= 15 is 0 Å². The molecule has 0 aliphatic rings. The van der Waals surface area contributed by atoms with Crippen LogP contribution in [0.5, 0.6) is 0 Å². The second-order valence-electron chi connectivity index (χ2n) is 5.84. The van der Waals surface area contributed by atoms with Gasteiger partial charge in [-0.25, -0.2) is 8.42 Å². The lowest BCUT2D eigenvalue weighted by Gasteiger charge is -2.27. The Hall–Kier alpha value is -1.73. The van der Waals surface area contributed by atoms with Crippen molar-refractivity contribution < 1.29 is 23.1 Å². The number of sulfonamides is 1. The van der Waals surface area contributed by atoms with Crippen molar-refractivity contribution in [2.45, 2.75) is 38.6 Å². The standard InChI is InChI=1S/C14H19NO5S/c1-9(16)10-6-5-7-11(8-10)21(19,20)15-12(13(17)18)14(2,3)4/h5-8,12,15H,1-4H3,(H,17,18)/t12-/m0/s1. The Balaban J connectivity index is 3.20. The fraction of sp³-hybridized carbons (Fsp3) is 0.429. The van der Waals surface area contributed by atoms with Crippen molar-refractivity contribution in [3.63, 3.8) is 0 Å². The maximum Gasteiger partial charge on any atom is 0.322 e. The van der Waals surface area contributed by atoms with Crippen molar-refractivity contribution in [3.05, 3.63) is 29.8 Å². The van der Waals surface area contributed by atoms with Gasteiger partial charge in [-0.1, -0.05) is 32.9 Å². The predicted molar refractivity (Wildman–Crippen MR) is 77.6 cm³/mol. The molecule has 0 fully saturated rings. The van der Waals surface area contributed by atoms with Crippen LogP contribution in [0.15, 0.2) is 29.2 Å². The monoisotopic (exact) mass is 313 g/mol. The molecule has 1 rings (SSSR count). The molecule has 1 aromatic rings. The SMILES string of the molecule is CC(=O)c1cccc(S(=O)(=O)N[C@@H](C(=O)O)C(C)(C)C)c1. The number of carboxylic acid groups (broad SMARTS) is 1. The number of rotatable bonds is 5. The summed E-state index contributed by atoms with van der Waals surface area (Å²) in [5.74, 6) is -1.52. The van der Waals surface area contributed by atoms with Crippen molar-refractivity contribution in [1.82, 2.24) is 4.72 Å². The van der Waals surface area contributed by atoms with E-state index in [1.807, 2.05) is 0 Å². The highest BCUT2D eigenvalue weighted by atomic mass is 32.2. The van der Waals surface area contributed by atoms with Gasteiger partial charge in [-0.05, 0) is 24.5 Å². The van der Waals surface area contributed by atoms with Crippen LogP contribution in [0.4, 0.5) is 0 Å². The molecule has 0 bridgehead atoms. The predicted octanol–water partition coefficient (Wildman–Crippen LogP) is 1.67. The first-order valence-corrected chi connectivity index (χ1v) is 7.79. The first kappa shape index (κ1) is 17.3. The molecule has 0 saturated heterocycles. The number of hydrogen-bond donors (Lipinski definition) is 2. The number of ketones is 1. The number of carbonyl (C=O) groups excluding carboxylic acids is 1. The third-order valence-corrected chi connectivity index (χ3v) is 4.36. The summed E-state index contributed by atoms with van der Waals surface area (Å²) in [5.41, 5.74) is -0.544. The second-order valence-corrected chi connectivity index (χ2v) is 7.56. The molecule has 0 aliphatic carbocycles. The molecule has 2 N–H and O–H groups in total. The van der Waals surface area contributed by atoms with Crippen molar-refractivity contribution in [1.29, 1.82) is 0 Å². The lowest BCUT2D eigenvalue weighted by molar-refractivity contribution is -0.141. The Bertz CT molecular complexity index is 658. The van der Waals surface area contributed by atoms with Crippen LogP contribution in [-0.4, -0.2) is 31.3 Å². The number of benzene rings is 1. The van der Waals surface area contributed by atoms with Gasteiger partial charge in [0.2, 0.25) is 10.0 Å². The van der Waals surface area contributed by atoms with Crippen LogP contribution in [0.25, 0.3) is 0 Å². The number of Topliss-reactive ketones (excluding diaryl/α,β-unsaturated/α-hetero) is 1. The van der Waals surface area contributed by atoms with Gasteiger partial charge in [0.1, 0.15) is 6.04 Å². The fourth-order valence-corrected chi connectivity index (χ4v) is 3.14. The van der Waals surface area contributed by atoms with E-state index in [4.69, 9.17) is 0 Å². The van der Waals surface area contributed by atoms with Crippen LogP contribution < -0.4 is 4.72 Å². The number of carbonyl (C=O) groups is 2. The number of carboxylic acids is 1. The lowest BCUT2D eigenvalue weighted by atomic mass is 9.88. The summed E-state index contributed by atoms with van der Waals surface area (Å²) in [7, 11) is -4.03. The summed E-state index contributed by atoms with van der Waals surface area (Å²) in [6.45, 7) is 6.20. The molecular weight excluding hydrogens is 294 g/mol. The maximum absolute atomic E-state index is 12.3. The normalized spacial score (nSPS) is 13.7. The van der Waals surface area contributed by atoms with E-state index in [1.165, 1.54) is 31.2 Å². The zero-order valence-electron chi connectivity index (χ0n) is 12.4. The molecule has 0 aromatic heterocycles. The Kier molecular flexibility index (Phi) is 4.91. The minimum atomic E-state index is -4.03. The van der Waals surface area contributed by atoms with Crippen LogP contribution in [0, 0.1) is 5.41 Å². The molecule has 0 spiro atoms. The van der Waals surface area contributed by atoms with E-state index < -0.39 is 27.4 Å². The minimum absolute atomic E-state index is 0.134. The number of hydrogen-bond acceptors (Lipinski definition) is 4. The van der Waals surface area contributed by atoms with Gasteiger partial charge in [0.15, 0.2) is 5.78 Å². The molecule has 7 heteroatoms. The highest BCUT2D eigenvalue weighted by molar-refractivity contribution is 7.89. The number of aliphatic carboxylic acids is 1. The molecule has 0 radical (unpaired) electrons. The van der Waals surface area contributed by atoms with Gasteiger partial charge < -0.3 is 5.11 Å². The van der Waals surface area contributed by atoms with Gasteiger partial charge in [-0.15, -0.1) is 0 Å². The summed E-state index contributed by atoms with van der Waals surface area (Å²) in [6, 6.07) is 4.21. The lowest BCUT2D eigenvalue weighted by Crippen LogP contribution is -2.48. The Morgan fingerprint density at radius 3 is 2.24 bits per heavy atom. The van der Waals surface area contributed by atoms with Crippen molar-refractivity contribution >= 4 is 21.8 Å². The summed E-state index contributed by atoms with van der Waals surface area (Å²) in [5, 5.41) is 9.18. The first-order valence-electron chi connectivity index (χ1n) is 6.31. The maximum atomic E-state index is 12.3. The highest BCUT2D eigenvalue weighted by Gasteiger charge is 2.35. The topological polar surface area (TPSA) is 101 Å². The largest absolute Gasteiger partial charge is 0.480 e. The highest BCUT2D eigenvalue weighted by Crippen LogP contribution is 2.22. The molecule has 0 amide bonds. The van der Waals surface area contributed by atoms with E-state index in [1.54, 1.807) is 20.8 Å². The molecule has 0 saturated carbocycles. The molecule has 1 atom stereocenters. The van der Waals surface area contributed by atoms with E-state index in [9.17, 15) is 23.1 Å². The quantitative estimate of drug-likeness (QED) is 0.805. The zero-order chi connectivity index (χ0) is 16.4. The molecule has 116 valence electrons. The van der Waals surface area contributed by atoms with E-state index in [2.05, 4.69) is 4.72 Å². The van der Waals surface area contributed by atoms with Gasteiger partial charge in [0, 0.05) is 5.56 Å². The van der Waals surface area contributed by atoms with Crippen LogP contribution in [0.2, 0.25) is 0 Å². The third-order valence-electron chi connectivity index (χ3n) is 2.94. The van der Waals surface area contributed by atoms with Crippen LogP contribution >= 0.6 is 0 Å². The molecule has 1 aromatic carbocycles.